The summed E-state index contributed by atoms with van der Waals surface area (Å²) in [5.74, 6) is 0.845. The van der Waals surface area contributed by atoms with Crippen LogP contribution in [0.4, 0.5) is 0 Å². The van der Waals surface area contributed by atoms with E-state index in [1.165, 1.54) is 0 Å². The molecule has 0 aliphatic carbocycles. The highest BCUT2D eigenvalue weighted by Gasteiger charge is 2.05. The van der Waals surface area contributed by atoms with E-state index >= 15 is 0 Å². The normalized spacial score (nSPS) is 11.7. The molecule has 86 valence electrons. The smallest absolute Gasteiger partial charge is 0.118 e. The van der Waals surface area contributed by atoms with Crippen molar-refractivity contribution in [3.05, 3.63) is 29.8 Å². The predicted molar refractivity (Wildman–Crippen MR) is 63.7 cm³/mol. The van der Waals surface area contributed by atoms with Crippen molar-refractivity contribution in [3.8, 4) is 5.75 Å². The lowest BCUT2D eigenvalue weighted by Crippen LogP contribution is -2.16. The fraction of sp³-hybridized carbons (Fsp3) is 0.455. The fourth-order valence-electron chi connectivity index (χ4n) is 1.19. The molecule has 0 aliphatic rings. The number of nitrogens with two attached hydrogens (primary N) is 1. The molecular weight excluding hydrogens is 214 g/mol. The third kappa shape index (κ3) is 4.51. The molecule has 0 bridgehead atoms. The van der Waals surface area contributed by atoms with Crippen molar-refractivity contribution in [1.29, 1.82) is 0 Å². The maximum Gasteiger partial charge on any atom is 0.118 e. The van der Waals surface area contributed by atoms with E-state index in [0.29, 0.717) is 13.2 Å². The van der Waals surface area contributed by atoms with Crippen LogP contribution in [0.15, 0.2) is 24.3 Å². The summed E-state index contributed by atoms with van der Waals surface area (Å²) >= 11 is 0. The summed E-state index contributed by atoms with van der Waals surface area (Å²) in [5, 5.41) is 0. The van der Waals surface area contributed by atoms with Crippen molar-refractivity contribution in [1.82, 2.24) is 0 Å². The fourth-order valence-corrected chi connectivity index (χ4v) is 1.19. The van der Waals surface area contributed by atoms with Gasteiger partial charge in [0.1, 0.15) is 5.75 Å². The molecule has 0 spiro atoms. The van der Waals surface area contributed by atoms with Crippen LogP contribution < -0.4 is 10.5 Å². The number of hydrogen-bond acceptors (Lipinski definition) is 3. The highest BCUT2D eigenvalue weighted by molar-refractivity contribution is 5.85. The largest absolute Gasteiger partial charge is 0.497 e. The molecular formula is C11H18ClNO2. The summed E-state index contributed by atoms with van der Waals surface area (Å²) in [7, 11) is 1.65. The minimum atomic E-state index is -0.0548. The van der Waals surface area contributed by atoms with Gasteiger partial charge in [-0.25, -0.2) is 0 Å². The predicted octanol–water partition coefficient (Wildman–Crippen LogP) is 2.15. The van der Waals surface area contributed by atoms with Crippen molar-refractivity contribution in [2.24, 2.45) is 5.73 Å². The van der Waals surface area contributed by atoms with Gasteiger partial charge in [-0.05, 0) is 24.6 Å². The van der Waals surface area contributed by atoms with E-state index in [1.54, 1.807) is 7.11 Å². The first kappa shape index (κ1) is 14.2. The second kappa shape index (κ2) is 7.51. The highest BCUT2D eigenvalue weighted by Crippen LogP contribution is 2.16. The standard InChI is InChI=1S/C11H17NO2.ClH/c1-3-14-8-11(12)9-4-6-10(13-2)7-5-9;/h4-7,11H,3,8,12H2,1-2H3;1H/t11-;/m1./s1. The van der Waals surface area contributed by atoms with Gasteiger partial charge in [-0.2, -0.15) is 0 Å². The van der Waals surface area contributed by atoms with Crippen LogP contribution in [0, 0.1) is 0 Å². The molecule has 1 aromatic carbocycles. The van der Waals surface area contributed by atoms with Gasteiger partial charge in [-0.1, -0.05) is 12.1 Å². The highest BCUT2D eigenvalue weighted by atomic mass is 35.5. The first-order chi connectivity index (χ1) is 6.77. The average Bonchev–Trinajstić information content (AvgIpc) is 2.26. The number of ether oxygens (including phenoxy) is 2. The Morgan fingerprint density at radius 3 is 2.33 bits per heavy atom. The molecule has 0 fully saturated rings. The molecule has 1 atom stereocenters. The van der Waals surface area contributed by atoms with Gasteiger partial charge in [0.2, 0.25) is 0 Å². The molecule has 1 aromatic rings. The van der Waals surface area contributed by atoms with E-state index < -0.39 is 0 Å². The molecule has 0 heterocycles. The van der Waals surface area contributed by atoms with Gasteiger partial charge in [-0.15, -0.1) is 12.4 Å². The van der Waals surface area contributed by atoms with Crippen molar-refractivity contribution in [2.75, 3.05) is 20.3 Å². The topological polar surface area (TPSA) is 44.5 Å². The molecule has 0 radical (unpaired) electrons. The number of halogens is 1. The van der Waals surface area contributed by atoms with Crippen LogP contribution in [0.1, 0.15) is 18.5 Å². The SMILES string of the molecule is CCOC[C@@H](N)c1ccc(OC)cc1.Cl. The van der Waals surface area contributed by atoms with Crippen LogP contribution in [-0.4, -0.2) is 20.3 Å². The summed E-state index contributed by atoms with van der Waals surface area (Å²) in [5.41, 5.74) is 6.98. The number of methoxy groups -OCH3 is 1. The number of rotatable bonds is 5. The summed E-state index contributed by atoms with van der Waals surface area (Å²) in [6.45, 7) is 3.22. The molecule has 0 saturated heterocycles. The van der Waals surface area contributed by atoms with E-state index in [2.05, 4.69) is 0 Å². The lowest BCUT2D eigenvalue weighted by molar-refractivity contribution is 0.133. The van der Waals surface area contributed by atoms with Gasteiger partial charge in [-0.3, -0.25) is 0 Å². The zero-order valence-electron chi connectivity index (χ0n) is 9.10. The monoisotopic (exact) mass is 231 g/mol. The van der Waals surface area contributed by atoms with E-state index in [4.69, 9.17) is 15.2 Å². The zero-order chi connectivity index (χ0) is 10.4. The van der Waals surface area contributed by atoms with Crippen molar-refractivity contribution in [2.45, 2.75) is 13.0 Å². The van der Waals surface area contributed by atoms with Gasteiger partial charge >= 0.3 is 0 Å². The maximum atomic E-state index is 5.91. The summed E-state index contributed by atoms with van der Waals surface area (Å²) in [6, 6.07) is 7.67. The van der Waals surface area contributed by atoms with Crippen LogP contribution >= 0.6 is 12.4 Å². The van der Waals surface area contributed by atoms with Crippen molar-refractivity contribution < 1.29 is 9.47 Å². The molecule has 0 aromatic heterocycles. The molecule has 0 aliphatic heterocycles. The summed E-state index contributed by atoms with van der Waals surface area (Å²) in [6.07, 6.45) is 0. The number of hydrogen-bond donors (Lipinski definition) is 1. The third-order valence-corrected chi connectivity index (χ3v) is 2.05. The first-order valence-electron chi connectivity index (χ1n) is 4.75. The van der Waals surface area contributed by atoms with Gasteiger partial charge < -0.3 is 15.2 Å². The van der Waals surface area contributed by atoms with Crippen LogP contribution in [0.25, 0.3) is 0 Å². The quantitative estimate of drug-likeness (QED) is 0.845. The molecule has 0 amide bonds. The summed E-state index contributed by atoms with van der Waals surface area (Å²) in [4.78, 5) is 0. The molecule has 0 unspecified atom stereocenters. The van der Waals surface area contributed by atoms with Crippen LogP contribution in [-0.2, 0) is 4.74 Å². The average molecular weight is 232 g/mol. The van der Waals surface area contributed by atoms with Crippen LogP contribution in [0.5, 0.6) is 5.75 Å². The first-order valence-corrected chi connectivity index (χ1v) is 4.75. The van der Waals surface area contributed by atoms with Crippen molar-refractivity contribution >= 4 is 12.4 Å². The lowest BCUT2D eigenvalue weighted by atomic mass is 10.1. The summed E-state index contributed by atoms with van der Waals surface area (Å²) < 4.78 is 10.3. The van der Waals surface area contributed by atoms with Gasteiger partial charge in [0, 0.05) is 6.61 Å². The van der Waals surface area contributed by atoms with Gasteiger partial charge in [0.05, 0.1) is 19.8 Å². The Bertz CT molecular complexity index is 264. The van der Waals surface area contributed by atoms with Crippen LogP contribution in [0.2, 0.25) is 0 Å². The Kier molecular flexibility index (Phi) is 7.13. The Morgan fingerprint density at radius 2 is 1.87 bits per heavy atom. The zero-order valence-corrected chi connectivity index (χ0v) is 9.92. The minimum absolute atomic E-state index is 0. The second-order valence-corrected chi connectivity index (χ2v) is 3.04. The lowest BCUT2D eigenvalue weighted by Gasteiger charge is -2.12. The van der Waals surface area contributed by atoms with E-state index in [9.17, 15) is 0 Å². The van der Waals surface area contributed by atoms with Crippen LogP contribution in [0.3, 0.4) is 0 Å². The Hall–Kier alpha value is -0.770. The molecule has 3 nitrogen and oxygen atoms in total. The number of benzene rings is 1. The Morgan fingerprint density at radius 1 is 1.27 bits per heavy atom. The minimum Gasteiger partial charge on any atom is -0.497 e. The molecule has 15 heavy (non-hydrogen) atoms. The van der Waals surface area contributed by atoms with E-state index in [1.807, 2.05) is 31.2 Å². The van der Waals surface area contributed by atoms with Crippen molar-refractivity contribution in [3.63, 3.8) is 0 Å². The van der Waals surface area contributed by atoms with Gasteiger partial charge in [0.25, 0.3) is 0 Å². The van der Waals surface area contributed by atoms with E-state index in [-0.39, 0.29) is 18.4 Å². The molecule has 4 heteroatoms. The molecule has 0 saturated carbocycles. The van der Waals surface area contributed by atoms with E-state index in [0.717, 1.165) is 11.3 Å². The third-order valence-electron chi connectivity index (χ3n) is 2.05. The maximum absolute atomic E-state index is 5.91. The Labute approximate surface area is 97.0 Å². The second-order valence-electron chi connectivity index (χ2n) is 3.04. The molecule has 2 N–H and O–H groups in total. The van der Waals surface area contributed by atoms with Gasteiger partial charge in [0.15, 0.2) is 0 Å². The molecule has 1 rings (SSSR count). The Balaban J connectivity index is 0.00000196.